The molecule has 0 unspecified atom stereocenters. The van der Waals surface area contributed by atoms with Gasteiger partial charge < -0.3 is 5.32 Å². The van der Waals surface area contributed by atoms with Crippen LogP contribution >= 0.6 is 11.3 Å². The van der Waals surface area contributed by atoms with Crippen LogP contribution < -0.4 is 10.9 Å². The minimum absolute atomic E-state index is 0.0172. The maximum atomic E-state index is 12.8. The van der Waals surface area contributed by atoms with E-state index < -0.39 is 0 Å². The third-order valence-electron chi connectivity index (χ3n) is 4.29. The van der Waals surface area contributed by atoms with E-state index in [1.54, 1.807) is 0 Å². The van der Waals surface area contributed by atoms with Gasteiger partial charge in [0.1, 0.15) is 10.7 Å². The number of fused-ring (bicyclic) bond motifs is 2. The van der Waals surface area contributed by atoms with Gasteiger partial charge in [0.05, 0.1) is 10.3 Å². The zero-order valence-corrected chi connectivity index (χ0v) is 14.8. The molecule has 23 heavy (non-hydrogen) atoms. The summed E-state index contributed by atoms with van der Waals surface area (Å²) < 4.78 is 1.81. The van der Waals surface area contributed by atoms with Crippen LogP contribution in [0.3, 0.4) is 0 Å². The van der Waals surface area contributed by atoms with Crippen LogP contribution in [0, 0.1) is 12.8 Å². The minimum atomic E-state index is -0.0983. The molecule has 2 aromatic heterocycles. The highest BCUT2D eigenvalue weighted by Gasteiger charge is 2.22. The molecule has 0 aromatic carbocycles. The highest BCUT2D eigenvalue weighted by molar-refractivity contribution is 7.20. The van der Waals surface area contributed by atoms with E-state index in [0.717, 1.165) is 43.6 Å². The molecule has 0 aliphatic carbocycles. The molecule has 0 fully saturated rings. The Morgan fingerprint density at radius 1 is 1.35 bits per heavy atom. The molecule has 1 aliphatic rings. The van der Waals surface area contributed by atoms with E-state index in [1.807, 2.05) is 11.5 Å². The highest BCUT2D eigenvalue weighted by atomic mass is 32.1. The third-order valence-corrected chi connectivity index (χ3v) is 5.47. The predicted molar refractivity (Wildman–Crippen MR) is 93.3 cm³/mol. The van der Waals surface area contributed by atoms with Gasteiger partial charge in [0.25, 0.3) is 11.5 Å². The van der Waals surface area contributed by atoms with Crippen molar-refractivity contribution in [3.05, 3.63) is 26.6 Å². The lowest BCUT2D eigenvalue weighted by molar-refractivity contribution is 0.0952. The maximum Gasteiger partial charge on any atom is 0.262 e. The van der Waals surface area contributed by atoms with Crippen molar-refractivity contribution in [2.24, 2.45) is 5.92 Å². The number of hydrogen-bond acceptors (Lipinski definition) is 4. The van der Waals surface area contributed by atoms with Crippen molar-refractivity contribution in [2.45, 2.75) is 53.0 Å². The molecular formula is C17H23N3O2S. The topological polar surface area (TPSA) is 64.0 Å². The second-order valence-electron chi connectivity index (χ2n) is 6.64. The second kappa shape index (κ2) is 6.43. The van der Waals surface area contributed by atoms with Crippen molar-refractivity contribution < 1.29 is 4.79 Å². The molecule has 2 aromatic rings. The Morgan fingerprint density at radius 2 is 2.13 bits per heavy atom. The van der Waals surface area contributed by atoms with Gasteiger partial charge in [-0.1, -0.05) is 20.3 Å². The fourth-order valence-electron chi connectivity index (χ4n) is 3.00. The van der Waals surface area contributed by atoms with Crippen LogP contribution in [0.1, 0.15) is 54.2 Å². The summed E-state index contributed by atoms with van der Waals surface area (Å²) in [4.78, 5) is 31.3. The first-order chi connectivity index (χ1) is 11.0. The van der Waals surface area contributed by atoms with Crippen molar-refractivity contribution in [2.75, 3.05) is 6.54 Å². The summed E-state index contributed by atoms with van der Waals surface area (Å²) >= 11 is 1.34. The van der Waals surface area contributed by atoms with Gasteiger partial charge in [0, 0.05) is 19.5 Å². The van der Waals surface area contributed by atoms with E-state index in [1.165, 1.54) is 11.3 Å². The average Bonchev–Trinajstić information content (AvgIpc) is 2.69. The number of carbonyl (C=O) groups excluding carboxylic acids is 1. The Bertz CT molecular complexity index is 804. The monoisotopic (exact) mass is 333 g/mol. The molecule has 3 heterocycles. The van der Waals surface area contributed by atoms with Crippen LogP contribution in [0.4, 0.5) is 0 Å². The van der Waals surface area contributed by atoms with Crippen molar-refractivity contribution in [1.82, 2.24) is 14.9 Å². The summed E-state index contributed by atoms with van der Waals surface area (Å²) in [7, 11) is 0. The fraction of sp³-hybridized carbons (Fsp3) is 0.588. The number of thiophene rings is 1. The molecule has 0 bridgehead atoms. The van der Waals surface area contributed by atoms with Crippen LogP contribution in [-0.4, -0.2) is 22.0 Å². The van der Waals surface area contributed by atoms with Gasteiger partial charge in [-0.05, 0) is 31.2 Å². The van der Waals surface area contributed by atoms with Crippen LogP contribution in [0.15, 0.2) is 4.79 Å². The Morgan fingerprint density at radius 3 is 2.87 bits per heavy atom. The number of aryl methyl sites for hydroxylation is 2. The Hall–Kier alpha value is -1.69. The lowest BCUT2D eigenvalue weighted by atomic mass is 10.2. The first-order valence-corrected chi connectivity index (χ1v) is 9.11. The fourth-order valence-corrected chi connectivity index (χ4v) is 4.11. The molecule has 0 saturated carbocycles. The van der Waals surface area contributed by atoms with Crippen LogP contribution in [-0.2, 0) is 13.0 Å². The second-order valence-corrected chi connectivity index (χ2v) is 7.63. The summed E-state index contributed by atoms with van der Waals surface area (Å²) in [5.41, 5.74) is 0.784. The first-order valence-electron chi connectivity index (χ1n) is 8.30. The van der Waals surface area contributed by atoms with Gasteiger partial charge in [-0.2, -0.15) is 0 Å². The Labute approximate surface area is 139 Å². The molecule has 3 rings (SSSR count). The standard InChI is InChI=1S/C17H23N3O2S/c1-10(2)9-18-15(21)14-11(3)13-16(23-14)19-12-7-5-4-6-8-20(12)17(13)22/h10H,4-9H2,1-3H3,(H,18,21). The zero-order valence-electron chi connectivity index (χ0n) is 13.9. The molecule has 0 radical (unpaired) electrons. The number of nitrogens with one attached hydrogen (secondary N) is 1. The van der Waals surface area contributed by atoms with Crippen molar-refractivity contribution in [3.8, 4) is 0 Å². The third kappa shape index (κ3) is 3.04. The van der Waals surface area contributed by atoms with Crippen molar-refractivity contribution in [3.63, 3.8) is 0 Å². The first kappa shape index (κ1) is 16.2. The van der Waals surface area contributed by atoms with E-state index in [2.05, 4.69) is 19.2 Å². The molecule has 0 atom stereocenters. The quantitative estimate of drug-likeness (QED) is 0.939. The molecular weight excluding hydrogens is 310 g/mol. The lowest BCUT2D eigenvalue weighted by Gasteiger charge is -2.08. The van der Waals surface area contributed by atoms with E-state index in [0.29, 0.717) is 27.6 Å². The summed E-state index contributed by atoms with van der Waals surface area (Å²) in [6, 6.07) is 0. The van der Waals surface area contributed by atoms with Crippen molar-refractivity contribution >= 4 is 27.5 Å². The lowest BCUT2D eigenvalue weighted by Crippen LogP contribution is -2.27. The maximum absolute atomic E-state index is 12.8. The molecule has 0 spiro atoms. The van der Waals surface area contributed by atoms with E-state index in [4.69, 9.17) is 4.98 Å². The van der Waals surface area contributed by atoms with Gasteiger partial charge in [-0.25, -0.2) is 4.98 Å². The summed E-state index contributed by atoms with van der Waals surface area (Å²) in [5, 5.41) is 3.55. The SMILES string of the molecule is Cc1c(C(=O)NCC(C)C)sc2nc3n(c(=O)c12)CCCCC3. The Kier molecular flexibility index (Phi) is 4.53. The average molecular weight is 333 g/mol. The number of hydrogen-bond donors (Lipinski definition) is 1. The summed E-state index contributed by atoms with van der Waals surface area (Å²) in [6.07, 6.45) is 4.07. The van der Waals surface area contributed by atoms with Gasteiger partial charge in [0.15, 0.2) is 0 Å². The van der Waals surface area contributed by atoms with Crippen LogP contribution in [0.25, 0.3) is 10.2 Å². The molecule has 1 aliphatic heterocycles. The molecule has 6 heteroatoms. The molecule has 5 nitrogen and oxygen atoms in total. The van der Waals surface area contributed by atoms with Gasteiger partial charge in [-0.3, -0.25) is 14.2 Å². The van der Waals surface area contributed by atoms with Gasteiger partial charge >= 0.3 is 0 Å². The molecule has 1 amide bonds. The summed E-state index contributed by atoms with van der Waals surface area (Å²) in [6.45, 7) is 7.35. The molecule has 1 N–H and O–H groups in total. The smallest absolute Gasteiger partial charge is 0.262 e. The summed E-state index contributed by atoms with van der Waals surface area (Å²) in [5.74, 6) is 1.17. The van der Waals surface area contributed by atoms with E-state index in [9.17, 15) is 9.59 Å². The van der Waals surface area contributed by atoms with Crippen LogP contribution in [0.2, 0.25) is 0 Å². The van der Waals surface area contributed by atoms with E-state index >= 15 is 0 Å². The Balaban J connectivity index is 2.07. The van der Waals surface area contributed by atoms with E-state index in [-0.39, 0.29) is 11.5 Å². The number of amides is 1. The minimum Gasteiger partial charge on any atom is -0.351 e. The van der Waals surface area contributed by atoms with Gasteiger partial charge in [0.2, 0.25) is 0 Å². The number of carbonyl (C=O) groups is 1. The number of nitrogens with zero attached hydrogens (tertiary/aromatic N) is 2. The molecule has 0 saturated heterocycles. The molecule has 124 valence electrons. The predicted octanol–water partition coefficient (Wildman–Crippen LogP) is 2.88. The highest BCUT2D eigenvalue weighted by Crippen LogP contribution is 2.28. The number of rotatable bonds is 3. The zero-order chi connectivity index (χ0) is 16.6. The largest absolute Gasteiger partial charge is 0.351 e. The van der Waals surface area contributed by atoms with Crippen molar-refractivity contribution in [1.29, 1.82) is 0 Å². The number of aromatic nitrogens is 2. The normalized spacial score (nSPS) is 14.8. The van der Waals surface area contributed by atoms with Gasteiger partial charge in [-0.15, -0.1) is 11.3 Å². The van der Waals surface area contributed by atoms with Crippen LogP contribution in [0.5, 0.6) is 0 Å².